The number of methoxy groups -OCH3 is 1. The summed E-state index contributed by atoms with van der Waals surface area (Å²) >= 11 is 0. The summed E-state index contributed by atoms with van der Waals surface area (Å²) < 4.78 is 4.86. The van der Waals surface area contributed by atoms with E-state index in [9.17, 15) is 9.59 Å². The van der Waals surface area contributed by atoms with E-state index in [2.05, 4.69) is 15.3 Å². The van der Waals surface area contributed by atoms with Gasteiger partial charge in [-0.3, -0.25) is 4.79 Å². The number of nitrogens with one attached hydrogen (secondary N) is 1. The van der Waals surface area contributed by atoms with Crippen molar-refractivity contribution < 1.29 is 14.3 Å². The van der Waals surface area contributed by atoms with Crippen LogP contribution >= 0.6 is 0 Å². The minimum Gasteiger partial charge on any atom is -0.465 e. The van der Waals surface area contributed by atoms with Gasteiger partial charge in [-0.1, -0.05) is 24.3 Å². The monoisotopic (exact) mass is 391 g/mol. The van der Waals surface area contributed by atoms with Crippen LogP contribution in [0.1, 0.15) is 27.6 Å². The zero-order valence-electron chi connectivity index (χ0n) is 16.3. The summed E-state index contributed by atoms with van der Waals surface area (Å²) in [4.78, 5) is 33.9. The van der Waals surface area contributed by atoms with Crippen molar-refractivity contribution in [3.05, 3.63) is 66.0 Å². The van der Waals surface area contributed by atoms with Crippen LogP contribution in [-0.4, -0.2) is 35.9 Å². The van der Waals surface area contributed by atoms with Crippen LogP contribution in [0, 0.1) is 0 Å². The quantitative estimate of drug-likeness (QED) is 0.485. The van der Waals surface area contributed by atoms with Gasteiger partial charge in [0.1, 0.15) is 12.0 Å². The first-order chi connectivity index (χ1) is 13.9. The molecule has 3 N–H and O–H groups in total. The number of para-hydroxylation sites is 1. The molecule has 3 rings (SSSR count). The molecule has 0 aliphatic carbocycles. The fourth-order valence-corrected chi connectivity index (χ4v) is 2.87. The molecule has 0 aliphatic rings. The van der Waals surface area contributed by atoms with Crippen molar-refractivity contribution in [3.8, 4) is 0 Å². The van der Waals surface area contributed by atoms with Crippen LogP contribution in [0.25, 0.3) is 0 Å². The highest BCUT2D eigenvalue weighted by atomic mass is 16.5. The smallest absolute Gasteiger partial charge is 0.339 e. The summed E-state index contributed by atoms with van der Waals surface area (Å²) in [5.41, 5.74) is 8.84. The van der Waals surface area contributed by atoms with E-state index in [1.807, 2.05) is 12.1 Å². The molecule has 1 heterocycles. The van der Waals surface area contributed by atoms with E-state index < -0.39 is 5.97 Å². The first-order valence-corrected chi connectivity index (χ1v) is 8.82. The first-order valence-electron chi connectivity index (χ1n) is 8.82. The standard InChI is InChI=1S/C21H21N5O3/c1-13(27)14-7-6-8-15(11-14)25-19-18(22)20(24-12-23-19)26(2)17-10-5-4-9-16(17)21(28)29-3/h4-12H,22H2,1-3H3,(H,23,24,25). The Morgan fingerprint density at radius 2 is 1.86 bits per heavy atom. The molecule has 1 aromatic heterocycles. The molecule has 8 heteroatoms. The lowest BCUT2D eigenvalue weighted by molar-refractivity contribution is 0.0601. The number of Topliss-reactive ketones (excluding diaryl/α,β-unsaturated/α-hetero) is 1. The Morgan fingerprint density at radius 1 is 1.10 bits per heavy atom. The number of anilines is 5. The first kappa shape index (κ1) is 19.8. The number of nitrogens with zero attached hydrogens (tertiary/aromatic N) is 3. The molecule has 0 amide bonds. The van der Waals surface area contributed by atoms with Gasteiger partial charge in [-0.2, -0.15) is 0 Å². The molecule has 0 fully saturated rings. The molecular weight excluding hydrogens is 370 g/mol. The lowest BCUT2D eigenvalue weighted by Crippen LogP contribution is -2.18. The predicted molar refractivity (Wildman–Crippen MR) is 112 cm³/mol. The molecular formula is C21H21N5O3. The van der Waals surface area contributed by atoms with Gasteiger partial charge >= 0.3 is 5.97 Å². The number of nitrogens with two attached hydrogens (primary N) is 1. The van der Waals surface area contributed by atoms with E-state index in [0.29, 0.717) is 39.8 Å². The fourth-order valence-electron chi connectivity index (χ4n) is 2.87. The van der Waals surface area contributed by atoms with Crippen LogP contribution < -0.4 is 16.0 Å². The summed E-state index contributed by atoms with van der Waals surface area (Å²) in [6.07, 6.45) is 1.38. The van der Waals surface area contributed by atoms with Gasteiger partial charge in [0.05, 0.1) is 18.4 Å². The van der Waals surface area contributed by atoms with Crippen molar-refractivity contribution >= 4 is 40.5 Å². The van der Waals surface area contributed by atoms with Gasteiger partial charge in [-0.25, -0.2) is 14.8 Å². The van der Waals surface area contributed by atoms with E-state index in [4.69, 9.17) is 10.5 Å². The van der Waals surface area contributed by atoms with Crippen molar-refractivity contribution in [2.45, 2.75) is 6.92 Å². The number of aromatic nitrogens is 2. The maximum absolute atomic E-state index is 12.1. The molecule has 0 spiro atoms. The lowest BCUT2D eigenvalue weighted by atomic mass is 10.1. The highest BCUT2D eigenvalue weighted by molar-refractivity contribution is 5.98. The zero-order chi connectivity index (χ0) is 21.0. The Balaban J connectivity index is 1.96. The van der Waals surface area contributed by atoms with Gasteiger partial charge in [0, 0.05) is 18.3 Å². The van der Waals surface area contributed by atoms with E-state index in [1.54, 1.807) is 48.3 Å². The van der Waals surface area contributed by atoms with Crippen LogP contribution in [0.5, 0.6) is 0 Å². The van der Waals surface area contributed by atoms with Crippen molar-refractivity contribution in [1.29, 1.82) is 0 Å². The van der Waals surface area contributed by atoms with Crippen LogP contribution in [0.2, 0.25) is 0 Å². The van der Waals surface area contributed by atoms with Gasteiger partial charge in [0.15, 0.2) is 17.4 Å². The van der Waals surface area contributed by atoms with Crippen LogP contribution in [0.15, 0.2) is 54.9 Å². The SMILES string of the molecule is COC(=O)c1ccccc1N(C)c1ncnc(Nc2cccc(C(C)=O)c2)c1N. The molecule has 8 nitrogen and oxygen atoms in total. The van der Waals surface area contributed by atoms with Gasteiger partial charge < -0.3 is 20.7 Å². The third-order valence-electron chi connectivity index (χ3n) is 4.38. The summed E-state index contributed by atoms with van der Waals surface area (Å²) in [6.45, 7) is 1.50. The molecule has 0 bridgehead atoms. The number of hydrogen-bond acceptors (Lipinski definition) is 8. The molecule has 148 valence electrons. The molecule has 0 radical (unpaired) electrons. The Kier molecular flexibility index (Phi) is 5.73. The van der Waals surface area contributed by atoms with Gasteiger partial charge in [-0.15, -0.1) is 0 Å². The highest BCUT2D eigenvalue weighted by Gasteiger charge is 2.19. The van der Waals surface area contributed by atoms with Crippen molar-refractivity contribution in [2.24, 2.45) is 0 Å². The number of rotatable bonds is 6. The second-order valence-electron chi connectivity index (χ2n) is 6.29. The Morgan fingerprint density at radius 3 is 2.59 bits per heavy atom. The molecule has 0 saturated carbocycles. The summed E-state index contributed by atoms with van der Waals surface area (Å²) in [7, 11) is 3.08. The summed E-state index contributed by atoms with van der Waals surface area (Å²) in [6, 6.07) is 14.0. The second kappa shape index (κ2) is 8.39. The number of ether oxygens (including phenoxy) is 1. The average molecular weight is 391 g/mol. The highest BCUT2D eigenvalue weighted by Crippen LogP contribution is 2.33. The van der Waals surface area contributed by atoms with E-state index in [-0.39, 0.29) is 5.78 Å². The normalized spacial score (nSPS) is 10.3. The third kappa shape index (κ3) is 4.16. The number of nitrogen functional groups attached to an aromatic ring is 1. The van der Waals surface area contributed by atoms with Crippen LogP contribution in [0.3, 0.4) is 0 Å². The van der Waals surface area contributed by atoms with Gasteiger partial charge in [0.25, 0.3) is 0 Å². The minimum absolute atomic E-state index is 0.0378. The third-order valence-corrected chi connectivity index (χ3v) is 4.38. The van der Waals surface area contributed by atoms with E-state index >= 15 is 0 Å². The van der Waals surface area contributed by atoms with Crippen molar-refractivity contribution in [3.63, 3.8) is 0 Å². The number of esters is 1. The van der Waals surface area contributed by atoms with Crippen molar-refractivity contribution in [1.82, 2.24) is 9.97 Å². The Labute approximate surface area is 168 Å². The van der Waals surface area contributed by atoms with E-state index in [1.165, 1.54) is 20.4 Å². The van der Waals surface area contributed by atoms with Crippen LogP contribution in [-0.2, 0) is 4.74 Å². The molecule has 0 unspecified atom stereocenters. The topological polar surface area (TPSA) is 110 Å². The molecule has 0 aliphatic heterocycles. The number of hydrogen-bond donors (Lipinski definition) is 2. The molecule has 2 aromatic carbocycles. The summed E-state index contributed by atoms with van der Waals surface area (Å²) in [5.74, 6) is 0.309. The maximum Gasteiger partial charge on any atom is 0.339 e. The predicted octanol–water partition coefficient (Wildman–Crippen LogP) is 3.56. The molecule has 29 heavy (non-hydrogen) atoms. The fraction of sp³-hybridized carbons (Fsp3) is 0.143. The number of ketones is 1. The zero-order valence-corrected chi connectivity index (χ0v) is 16.3. The number of carbonyl (C=O) groups excluding carboxylic acids is 2. The summed E-state index contributed by atoms with van der Waals surface area (Å²) in [5, 5.41) is 3.12. The molecule has 0 atom stereocenters. The maximum atomic E-state index is 12.1. The second-order valence-corrected chi connectivity index (χ2v) is 6.29. The Hall–Kier alpha value is -3.94. The lowest BCUT2D eigenvalue weighted by Gasteiger charge is -2.23. The molecule has 3 aromatic rings. The van der Waals surface area contributed by atoms with E-state index in [0.717, 1.165) is 0 Å². The number of carbonyl (C=O) groups is 2. The van der Waals surface area contributed by atoms with Crippen LogP contribution in [0.4, 0.5) is 28.7 Å². The molecule has 0 saturated heterocycles. The number of benzene rings is 2. The van der Waals surface area contributed by atoms with Gasteiger partial charge in [0.2, 0.25) is 0 Å². The average Bonchev–Trinajstić information content (AvgIpc) is 2.74. The van der Waals surface area contributed by atoms with Gasteiger partial charge in [-0.05, 0) is 31.2 Å². The Bertz CT molecular complexity index is 1070. The van der Waals surface area contributed by atoms with Crippen molar-refractivity contribution in [2.75, 3.05) is 30.1 Å². The minimum atomic E-state index is -0.459. The largest absolute Gasteiger partial charge is 0.465 e.